The Morgan fingerprint density at radius 2 is 1.11 bits per heavy atom. The number of amides is 2. The van der Waals surface area contributed by atoms with E-state index in [9.17, 15) is 53.5 Å². The monoisotopic (exact) mass is 970 g/mol. The van der Waals surface area contributed by atoms with Crippen molar-refractivity contribution in [3.63, 3.8) is 0 Å². The van der Waals surface area contributed by atoms with Crippen molar-refractivity contribution in [2.75, 3.05) is 10.6 Å². The van der Waals surface area contributed by atoms with Crippen LogP contribution < -0.4 is 16.1 Å². The zero-order valence-corrected chi connectivity index (χ0v) is 33.2. The number of carbonyl (C=O) groups is 2. The highest BCUT2D eigenvalue weighted by Crippen LogP contribution is 2.35. The van der Waals surface area contributed by atoms with Crippen LogP contribution in [0.4, 0.5) is 55.3 Å². The van der Waals surface area contributed by atoms with E-state index in [1.165, 1.54) is 50.5 Å². The largest absolute Gasteiger partial charge is 0.488 e. The van der Waals surface area contributed by atoms with E-state index in [1.807, 2.05) is 0 Å². The number of carbonyl (C=O) groups excluding carboxylic acids is 2. The third-order valence-corrected chi connectivity index (χ3v) is 8.83. The van der Waals surface area contributed by atoms with E-state index in [2.05, 4.69) is 36.8 Å². The quantitative estimate of drug-likeness (QED) is 0.0971. The first kappa shape index (κ1) is 49.9. The Morgan fingerprint density at radius 3 is 1.56 bits per heavy atom. The van der Waals surface area contributed by atoms with E-state index in [4.69, 9.17) is 33.2 Å². The van der Waals surface area contributed by atoms with Crippen LogP contribution in [0, 0.1) is 23.3 Å². The number of halogens is 13. The second-order valence-electron chi connectivity index (χ2n) is 12.0. The molecular formula is C37H28BBrCl2F10N6O4. The average Bonchev–Trinajstić information content (AvgIpc) is 3.76. The molecule has 324 valence electrons. The van der Waals surface area contributed by atoms with Gasteiger partial charge in [-0.25, -0.2) is 17.6 Å². The number of aromatic nitrogens is 4. The second-order valence-corrected chi connectivity index (χ2v) is 13.7. The molecule has 0 fully saturated rings. The third-order valence-electron chi connectivity index (χ3n) is 7.57. The first-order valence-electron chi connectivity index (χ1n) is 16.2. The first-order valence-corrected chi connectivity index (χ1v) is 17.8. The van der Waals surface area contributed by atoms with Gasteiger partial charge in [-0.05, 0) is 87.6 Å². The van der Waals surface area contributed by atoms with Crippen LogP contribution in [0.25, 0.3) is 11.1 Å². The van der Waals surface area contributed by atoms with Gasteiger partial charge in [0, 0.05) is 42.2 Å². The standard InChI is InChI=1S/C18H11ClF5N3O.C12H8BrF4N3O.C6H5BClFO2.CH4/c1-27-8-12(16(26-27)18(22,23)24)17(28)25-15-5-3-10(20)7-11(15)9-2-4-13(19)14(21)6-9;1-20-5-7(10(19-20)12(15,16)17)11(21)18-9-3-2-6(14)4-8(9)13;8-5-2-1-4(7(10)11)3-6(5)9;/h2-8H,1H3,(H,25,28);2-5H,1H3,(H,18,21);1-3,10-11H;1H4. The van der Waals surface area contributed by atoms with Gasteiger partial charge in [0.25, 0.3) is 11.8 Å². The maximum Gasteiger partial charge on any atom is 0.488 e. The molecule has 4 aromatic carbocycles. The van der Waals surface area contributed by atoms with E-state index >= 15 is 0 Å². The molecule has 2 aromatic heterocycles. The molecule has 0 aliphatic rings. The van der Waals surface area contributed by atoms with E-state index in [0.717, 1.165) is 58.2 Å². The summed E-state index contributed by atoms with van der Waals surface area (Å²) in [7, 11) is 0.868. The van der Waals surface area contributed by atoms with Crippen LogP contribution in [-0.4, -0.2) is 48.5 Å². The summed E-state index contributed by atoms with van der Waals surface area (Å²) in [6, 6.07) is 13.8. The highest BCUT2D eigenvalue weighted by atomic mass is 79.9. The van der Waals surface area contributed by atoms with Crippen LogP contribution in [0.2, 0.25) is 10.0 Å². The number of rotatable bonds is 6. The van der Waals surface area contributed by atoms with E-state index < -0.39 is 77.1 Å². The summed E-state index contributed by atoms with van der Waals surface area (Å²) in [4.78, 5) is 24.4. The maximum absolute atomic E-state index is 13.8. The molecule has 0 saturated carbocycles. The lowest BCUT2D eigenvalue weighted by atomic mass is 9.80. The van der Waals surface area contributed by atoms with Crippen molar-refractivity contribution in [1.29, 1.82) is 0 Å². The number of hydrogen-bond acceptors (Lipinski definition) is 6. The van der Waals surface area contributed by atoms with Crippen LogP contribution in [0.1, 0.15) is 39.5 Å². The minimum absolute atomic E-state index is 0. The summed E-state index contributed by atoms with van der Waals surface area (Å²) in [5, 5.41) is 28.1. The molecule has 0 radical (unpaired) electrons. The fourth-order valence-corrected chi connectivity index (χ4v) is 5.58. The zero-order chi connectivity index (χ0) is 44.9. The molecule has 0 bridgehead atoms. The number of hydrogen-bond donors (Lipinski definition) is 4. The smallest absolute Gasteiger partial charge is 0.423 e. The second kappa shape index (κ2) is 20.4. The van der Waals surface area contributed by atoms with Gasteiger partial charge in [0.15, 0.2) is 11.4 Å². The maximum atomic E-state index is 13.8. The molecule has 6 rings (SSSR count). The van der Waals surface area contributed by atoms with E-state index in [0.29, 0.717) is 0 Å². The fourth-order valence-electron chi connectivity index (χ4n) is 4.90. The fraction of sp³-hybridized carbons (Fsp3) is 0.135. The van der Waals surface area contributed by atoms with Crippen molar-refractivity contribution in [2.24, 2.45) is 14.1 Å². The summed E-state index contributed by atoms with van der Waals surface area (Å²) in [6.07, 6.45) is -7.69. The van der Waals surface area contributed by atoms with Gasteiger partial charge < -0.3 is 20.7 Å². The van der Waals surface area contributed by atoms with Crippen LogP contribution in [0.3, 0.4) is 0 Å². The Morgan fingerprint density at radius 1 is 0.672 bits per heavy atom. The molecule has 24 heteroatoms. The van der Waals surface area contributed by atoms with Gasteiger partial charge in [0.2, 0.25) is 0 Å². The molecule has 0 spiro atoms. The van der Waals surface area contributed by atoms with Gasteiger partial charge in [-0.3, -0.25) is 19.0 Å². The Kier molecular flexibility index (Phi) is 16.7. The minimum atomic E-state index is -4.83. The predicted octanol–water partition coefficient (Wildman–Crippen LogP) is 9.68. The zero-order valence-electron chi connectivity index (χ0n) is 30.1. The lowest BCUT2D eigenvalue weighted by Crippen LogP contribution is -2.29. The van der Waals surface area contributed by atoms with Crippen LogP contribution in [0.5, 0.6) is 0 Å². The van der Waals surface area contributed by atoms with E-state index in [-0.39, 0.29) is 49.9 Å². The summed E-state index contributed by atoms with van der Waals surface area (Å²) >= 11 is 14.0. The van der Waals surface area contributed by atoms with Crippen molar-refractivity contribution in [2.45, 2.75) is 19.8 Å². The van der Waals surface area contributed by atoms with Crippen molar-refractivity contribution in [3.8, 4) is 11.1 Å². The molecule has 0 saturated heterocycles. The lowest BCUT2D eigenvalue weighted by Gasteiger charge is -2.13. The lowest BCUT2D eigenvalue weighted by molar-refractivity contribution is -0.142. The van der Waals surface area contributed by atoms with Crippen LogP contribution in [0.15, 0.2) is 89.7 Å². The van der Waals surface area contributed by atoms with Crippen LogP contribution >= 0.6 is 39.1 Å². The highest BCUT2D eigenvalue weighted by molar-refractivity contribution is 9.10. The van der Waals surface area contributed by atoms with Crippen molar-refractivity contribution in [3.05, 3.63) is 145 Å². The highest BCUT2D eigenvalue weighted by Gasteiger charge is 2.40. The molecule has 6 aromatic rings. The third kappa shape index (κ3) is 13.3. The summed E-state index contributed by atoms with van der Waals surface area (Å²) in [5.74, 6) is -4.73. The Balaban J connectivity index is 0.000000264. The van der Waals surface area contributed by atoms with Gasteiger partial charge in [0.05, 0.1) is 26.9 Å². The van der Waals surface area contributed by atoms with Gasteiger partial charge >= 0.3 is 19.5 Å². The van der Waals surface area contributed by atoms with Crippen molar-refractivity contribution < 1.29 is 63.5 Å². The summed E-state index contributed by atoms with van der Waals surface area (Å²) in [5.41, 5.74) is -3.46. The van der Waals surface area contributed by atoms with Gasteiger partial charge in [-0.1, -0.05) is 42.8 Å². The number of aryl methyl sites for hydroxylation is 2. The van der Waals surface area contributed by atoms with Crippen LogP contribution in [-0.2, 0) is 26.4 Å². The Bertz CT molecular complexity index is 2540. The van der Waals surface area contributed by atoms with Crippen molar-refractivity contribution in [1.82, 2.24) is 19.6 Å². The van der Waals surface area contributed by atoms with Gasteiger partial charge in [0.1, 0.15) is 23.3 Å². The molecule has 4 N–H and O–H groups in total. The molecular weight excluding hydrogens is 944 g/mol. The van der Waals surface area contributed by atoms with Crippen molar-refractivity contribution >= 4 is 74.9 Å². The summed E-state index contributed by atoms with van der Waals surface area (Å²) in [6.45, 7) is 0. The number of nitrogens with zero attached hydrogens (tertiary/aromatic N) is 4. The van der Waals surface area contributed by atoms with Gasteiger partial charge in [-0.15, -0.1) is 0 Å². The molecule has 61 heavy (non-hydrogen) atoms. The molecule has 0 unspecified atom stereocenters. The minimum Gasteiger partial charge on any atom is -0.423 e. The molecule has 10 nitrogen and oxygen atoms in total. The number of anilines is 2. The average molecular weight is 972 g/mol. The Labute approximate surface area is 358 Å². The number of alkyl halides is 6. The number of benzene rings is 4. The molecule has 2 heterocycles. The van der Waals surface area contributed by atoms with Gasteiger partial charge in [-0.2, -0.15) is 36.5 Å². The topological polar surface area (TPSA) is 134 Å². The molecule has 0 atom stereocenters. The molecule has 0 aliphatic heterocycles. The predicted molar refractivity (Wildman–Crippen MR) is 211 cm³/mol. The normalized spacial score (nSPS) is 11.0. The SMILES string of the molecule is C.Cn1cc(C(=O)Nc2ccc(F)cc2-c2ccc(Cl)c(F)c2)c(C(F)(F)F)n1.Cn1cc(C(=O)Nc2ccc(F)cc2Br)c(C(F)(F)F)n1.OB(O)c1ccc(Cl)c(F)c1. The Hall–Kier alpha value is -5.42. The molecule has 0 aliphatic carbocycles. The van der Waals surface area contributed by atoms with E-state index in [1.54, 1.807) is 0 Å². The first-order chi connectivity index (χ1) is 27.8. The summed E-state index contributed by atoms with van der Waals surface area (Å²) < 4.78 is 133. The molecule has 2 amide bonds. The number of nitrogens with one attached hydrogen (secondary N) is 2.